The first kappa shape index (κ1) is 18.8. The lowest BCUT2D eigenvalue weighted by Crippen LogP contribution is -2.40. The molecule has 5 nitrogen and oxygen atoms in total. The van der Waals surface area contributed by atoms with E-state index in [4.69, 9.17) is 19.3 Å². The third-order valence-corrected chi connectivity index (χ3v) is 3.71. The molecule has 0 aromatic heterocycles. The average molecular weight is 304 g/mol. The third-order valence-electron chi connectivity index (χ3n) is 3.71. The van der Waals surface area contributed by atoms with Crippen LogP contribution >= 0.6 is 0 Å². The zero-order valence-electron chi connectivity index (χ0n) is 13.7. The van der Waals surface area contributed by atoms with Gasteiger partial charge in [0.05, 0.1) is 13.2 Å². The molecule has 21 heavy (non-hydrogen) atoms. The third kappa shape index (κ3) is 7.06. The first-order valence-corrected chi connectivity index (χ1v) is 8.22. The molecule has 0 amide bonds. The number of ether oxygens (including phenoxy) is 3. The molecule has 0 radical (unpaired) electrons. The van der Waals surface area contributed by atoms with Gasteiger partial charge >= 0.3 is 0 Å². The molecule has 126 valence electrons. The molecule has 1 heterocycles. The van der Waals surface area contributed by atoms with Crippen molar-refractivity contribution < 1.29 is 24.4 Å². The largest absolute Gasteiger partial charge is 0.394 e. The van der Waals surface area contributed by atoms with Crippen LogP contribution in [0.4, 0.5) is 0 Å². The van der Waals surface area contributed by atoms with Crippen LogP contribution in [0.15, 0.2) is 0 Å². The minimum atomic E-state index is -0.936. The fourth-order valence-electron chi connectivity index (χ4n) is 2.61. The molecular weight excluding hydrogens is 272 g/mol. The Morgan fingerprint density at radius 3 is 2.43 bits per heavy atom. The van der Waals surface area contributed by atoms with Gasteiger partial charge < -0.3 is 24.4 Å². The van der Waals surface area contributed by atoms with Crippen molar-refractivity contribution in [3.63, 3.8) is 0 Å². The number of aliphatic hydroxyl groups is 2. The Morgan fingerprint density at radius 1 is 1.10 bits per heavy atom. The molecular formula is C16H32O5. The molecule has 1 rings (SSSR count). The van der Waals surface area contributed by atoms with Crippen molar-refractivity contribution in [2.45, 2.75) is 83.4 Å². The van der Waals surface area contributed by atoms with Crippen molar-refractivity contribution in [3.05, 3.63) is 0 Å². The van der Waals surface area contributed by atoms with Crippen molar-refractivity contribution in [1.82, 2.24) is 0 Å². The van der Waals surface area contributed by atoms with Gasteiger partial charge in [-0.1, -0.05) is 39.0 Å². The number of hydrogen-bond donors (Lipinski definition) is 2. The van der Waals surface area contributed by atoms with Crippen LogP contribution in [0.25, 0.3) is 0 Å². The molecule has 1 aliphatic heterocycles. The highest BCUT2D eigenvalue weighted by atomic mass is 16.8. The zero-order valence-corrected chi connectivity index (χ0v) is 13.7. The van der Waals surface area contributed by atoms with Crippen LogP contribution in [0.3, 0.4) is 0 Å². The van der Waals surface area contributed by atoms with Crippen molar-refractivity contribution >= 4 is 0 Å². The summed E-state index contributed by atoms with van der Waals surface area (Å²) in [6.07, 6.45) is 5.58. The van der Waals surface area contributed by atoms with E-state index in [0.717, 1.165) is 6.42 Å². The first-order valence-electron chi connectivity index (χ1n) is 8.22. The second-order valence-corrected chi connectivity index (χ2v) is 6.23. The van der Waals surface area contributed by atoms with E-state index in [1.807, 2.05) is 0 Å². The van der Waals surface area contributed by atoms with Gasteiger partial charge in [0.25, 0.3) is 0 Å². The van der Waals surface area contributed by atoms with Crippen molar-refractivity contribution in [2.75, 3.05) is 19.8 Å². The van der Waals surface area contributed by atoms with E-state index in [9.17, 15) is 5.11 Å². The Kier molecular flexibility index (Phi) is 8.74. The van der Waals surface area contributed by atoms with E-state index in [-0.39, 0.29) is 12.7 Å². The minimum Gasteiger partial charge on any atom is -0.394 e. The Balaban J connectivity index is 2.17. The van der Waals surface area contributed by atoms with Crippen LogP contribution in [0, 0.1) is 0 Å². The van der Waals surface area contributed by atoms with Gasteiger partial charge in [0.2, 0.25) is 0 Å². The lowest BCUT2D eigenvalue weighted by atomic mass is 10.1. The van der Waals surface area contributed by atoms with E-state index in [0.29, 0.717) is 13.2 Å². The molecule has 0 aromatic rings. The van der Waals surface area contributed by atoms with Crippen molar-refractivity contribution in [1.29, 1.82) is 0 Å². The van der Waals surface area contributed by atoms with Gasteiger partial charge in [0.15, 0.2) is 5.79 Å². The van der Waals surface area contributed by atoms with Crippen LogP contribution < -0.4 is 0 Å². The molecule has 0 saturated carbocycles. The summed E-state index contributed by atoms with van der Waals surface area (Å²) in [6, 6.07) is 0. The van der Waals surface area contributed by atoms with Crippen LogP contribution in [0.1, 0.15) is 59.3 Å². The van der Waals surface area contributed by atoms with Gasteiger partial charge in [-0.25, -0.2) is 0 Å². The van der Waals surface area contributed by atoms with Gasteiger partial charge in [0.1, 0.15) is 18.3 Å². The smallest absolute Gasteiger partial charge is 0.164 e. The van der Waals surface area contributed by atoms with Gasteiger partial charge in [-0.2, -0.15) is 0 Å². The van der Waals surface area contributed by atoms with Crippen LogP contribution in [0.2, 0.25) is 0 Å². The molecule has 2 N–H and O–H groups in total. The topological polar surface area (TPSA) is 68.2 Å². The summed E-state index contributed by atoms with van der Waals surface area (Å²) >= 11 is 0. The molecule has 0 aliphatic carbocycles. The predicted octanol–water partition coefficient (Wildman–Crippen LogP) is 2.24. The van der Waals surface area contributed by atoms with E-state index in [1.165, 1.54) is 32.1 Å². The number of rotatable bonds is 11. The molecule has 0 aromatic carbocycles. The highest BCUT2D eigenvalue weighted by Gasteiger charge is 2.44. The van der Waals surface area contributed by atoms with Crippen LogP contribution in [-0.4, -0.2) is 54.1 Å². The molecule has 3 atom stereocenters. The lowest BCUT2D eigenvalue weighted by Gasteiger charge is -2.20. The molecule has 5 heteroatoms. The Labute approximate surface area is 128 Å². The number of aliphatic hydroxyl groups excluding tert-OH is 2. The fourth-order valence-corrected chi connectivity index (χ4v) is 2.61. The van der Waals surface area contributed by atoms with Gasteiger partial charge in [-0.15, -0.1) is 0 Å². The van der Waals surface area contributed by atoms with Crippen molar-refractivity contribution in [3.8, 4) is 0 Å². The second kappa shape index (κ2) is 9.74. The van der Waals surface area contributed by atoms with Gasteiger partial charge in [-0.05, 0) is 20.3 Å². The van der Waals surface area contributed by atoms with E-state index in [1.54, 1.807) is 13.8 Å². The van der Waals surface area contributed by atoms with E-state index < -0.39 is 18.0 Å². The maximum absolute atomic E-state index is 9.77. The molecule has 1 aliphatic rings. The van der Waals surface area contributed by atoms with Crippen LogP contribution in [-0.2, 0) is 14.2 Å². The molecule has 1 fully saturated rings. The second-order valence-electron chi connectivity index (χ2n) is 6.23. The number of unbranched alkanes of at least 4 members (excludes halogenated alkanes) is 5. The summed E-state index contributed by atoms with van der Waals surface area (Å²) in [5.74, 6) is -0.741. The quantitative estimate of drug-likeness (QED) is 0.573. The zero-order chi connectivity index (χ0) is 15.7. The monoisotopic (exact) mass is 304 g/mol. The first-order chi connectivity index (χ1) is 10.00. The maximum Gasteiger partial charge on any atom is 0.164 e. The van der Waals surface area contributed by atoms with Gasteiger partial charge in [-0.3, -0.25) is 0 Å². The summed E-state index contributed by atoms with van der Waals surface area (Å²) in [4.78, 5) is 0. The van der Waals surface area contributed by atoms with E-state index >= 15 is 0 Å². The molecule has 3 unspecified atom stereocenters. The van der Waals surface area contributed by atoms with Crippen molar-refractivity contribution in [2.24, 2.45) is 0 Å². The summed E-state index contributed by atoms with van der Waals surface area (Å²) in [6.45, 7) is 6.58. The Bertz CT molecular complexity index is 269. The average Bonchev–Trinajstić information content (AvgIpc) is 2.76. The predicted molar refractivity (Wildman–Crippen MR) is 81.1 cm³/mol. The fraction of sp³-hybridized carbons (Fsp3) is 1.00. The summed E-state index contributed by atoms with van der Waals surface area (Å²) < 4.78 is 17.0. The normalized spacial score (nSPS) is 26.1. The molecule has 0 bridgehead atoms. The summed E-state index contributed by atoms with van der Waals surface area (Å²) in [5.41, 5.74) is 0. The molecule has 0 spiro atoms. The Morgan fingerprint density at radius 2 is 1.76 bits per heavy atom. The minimum absolute atomic E-state index is 0.331. The number of hydrogen-bond acceptors (Lipinski definition) is 5. The summed E-state index contributed by atoms with van der Waals surface area (Å²) in [7, 11) is 0. The standard InChI is InChI=1S/C16H32O5/c1-4-5-6-7-8-9-10-19-12-14-15(13(18)11-17)21-16(2,3)20-14/h13-15,17-18H,4-12H2,1-3H3. The molecule has 1 saturated heterocycles. The lowest BCUT2D eigenvalue weighted by molar-refractivity contribution is -0.159. The van der Waals surface area contributed by atoms with Gasteiger partial charge in [0, 0.05) is 6.61 Å². The Hall–Kier alpha value is -0.200. The van der Waals surface area contributed by atoms with Crippen LogP contribution in [0.5, 0.6) is 0 Å². The summed E-state index contributed by atoms with van der Waals surface area (Å²) in [5, 5.41) is 18.8. The highest BCUT2D eigenvalue weighted by molar-refractivity contribution is 4.86. The SMILES string of the molecule is CCCCCCCCOCC1OC(C)(C)OC1C(O)CO. The maximum atomic E-state index is 9.77. The highest BCUT2D eigenvalue weighted by Crippen LogP contribution is 2.30. The van der Waals surface area contributed by atoms with E-state index in [2.05, 4.69) is 6.92 Å².